The summed E-state index contributed by atoms with van der Waals surface area (Å²) < 4.78 is 0. The van der Waals surface area contributed by atoms with E-state index in [0.29, 0.717) is 0 Å². The predicted molar refractivity (Wildman–Crippen MR) is 67.2 cm³/mol. The van der Waals surface area contributed by atoms with Gasteiger partial charge in [0.1, 0.15) is 6.04 Å². The van der Waals surface area contributed by atoms with Crippen molar-refractivity contribution in [3.05, 3.63) is 29.8 Å². The van der Waals surface area contributed by atoms with Crippen LogP contribution in [-0.4, -0.2) is 11.9 Å². The molecular formula is C13H20N2O. The number of anilines is 1. The molecule has 0 aliphatic heterocycles. The maximum absolute atomic E-state index is 11.3. The fraction of sp³-hybridized carbons (Fsp3) is 0.462. The van der Waals surface area contributed by atoms with Gasteiger partial charge in [0, 0.05) is 5.69 Å². The number of rotatable bonds is 5. The summed E-state index contributed by atoms with van der Waals surface area (Å²) in [6, 6.07) is 7.66. The highest BCUT2D eigenvalue weighted by molar-refractivity contribution is 5.83. The Labute approximate surface area is 97.0 Å². The number of hydrogen-bond donors (Lipinski definition) is 2. The third-order valence-electron chi connectivity index (χ3n) is 2.89. The minimum absolute atomic E-state index is 0.235. The van der Waals surface area contributed by atoms with Crippen molar-refractivity contribution in [3.63, 3.8) is 0 Å². The molecule has 0 radical (unpaired) electrons. The summed E-state index contributed by atoms with van der Waals surface area (Å²) in [6.07, 6.45) is 0.923. The Morgan fingerprint density at radius 3 is 2.38 bits per heavy atom. The second-order valence-electron chi connectivity index (χ2n) is 4.28. The van der Waals surface area contributed by atoms with Gasteiger partial charge in [0.2, 0.25) is 5.91 Å². The van der Waals surface area contributed by atoms with Gasteiger partial charge < -0.3 is 11.1 Å². The van der Waals surface area contributed by atoms with Crippen LogP contribution < -0.4 is 11.1 Å². The van der Waals surface area contributed by atoms with Crippen LogP contribution in [0.4, 0.5) is 5.69 Å². The lowest BCUT2D eigenvalue weighted by Crippen LogP contribution is -2.40. The third-order valence-corrected chi connectivity index (χ3v) is 2.89. The van der Waals surface area contributed by atoms with E-state index in [1.807, 2.05) is 38.1 Å². The average molecular weight is 220 g/mol. The van der Waals surface area contributed by atoms with Gasteiger partial charge in [-0.25, -0.2) is 0 Å². The van der Waals surface area contributed by atoms with Gasteiger partial charge in [-0.1, -0.05) is 38.0 Å². The molecule has 0 heterocycles. The summed E-state index contributed by atoms with van der Waals surface area (Å²) >= 11 is 0. The van der Waals surface area contributed by atoms with Crippen LogP contribution in [-0.2, 0) is 4.79 Å². The highest BCUT2D eigenvalue weighted by atomic mass is 16.1. The van der Waals surface area contributed by atoms with Gasteiger partial charge in [-0.3, -0.25) is 4.79 Å². The second kappa shape index (κ2) is 5.54. The van der Waals surface area contributed by atoms with Crippen molar-refractivity contribution >= 4 is 11.6 Å². The molecule has 0 aliphatic rings. The van der Waals surface area contributed by atoms with Gasteiger partial charge >= 0.3 is 0 Å². The second-order valence-corrected chi connectivity index (χ2v) is 4.28. The monoisotopic (exact) mass is 220 g/mol. The number of hydrogen-bond acceptors (Lipinski definition) is 2. The summed E-state index contributed by atoms with van der Waals surface area (Å²) in [6.45, 7) is 6.11. The Kier molecular flexibility index (Phi) is 4.35. The van der Waals surface area contributed by atoms with Crippen LogP contribution in [0.2, 0.25) is 0 Å². The molecule has 1 aromatic rings. The number of carbonyl (C=O) groups excluding carboxylic acids is 1. The summed E-state index contributed by atoms with van der Waals surface area (Å²) in [5.41, 5.74) is 7.53. The van der Waals surface area contributed by atoms with E-state index >= 15 is 0 Å². The zero-order valence-corrected chi connectivity index (χ0v) is 10.2. The molecule has 2 unspecified atom stereocenters. The summed E-state index contributed by atoms with van der Waals surface area (Å²) in [5.74, 6) is -0.0614. The number of primary amides is 1. The smallest absolute Gasteiger partial charge is 0.240 e. The van der Waals surface area contributed by atoms with E-state index in [2.05, 4.69) is 12.2 Å². The van der Waals surface area contributed by atoms with Crippen LogP contribution >= 0.6 is 0 Å². The fourth-order valence-electron chi connectivity index (χ4n) is 1.56. The topological polar surface area (TPSA) is 55.1 Å². The Hall–Kier alpha value is -1.51. The summed E-state index contributed by atoms with van der Waals surface area (Å²) in [5, 5.41) is 3.18. The molecule has 0 saturated carbocycles. The maximum atomic E-state index is 11.3. The number of carbonyl (C=O) groups is 1. The number of nitrogens with two attached hydrogens (primary N) is 1. The molecule has 88 valence electrons. The number of amides is 1. The summed E-state index contributed by atoms with van der Waals surface area (Å²) in [7, 11) is 0. The normalized spacial score (nSPS) is 14.2. The van der Waals surface area contributed by atoms with Gasteiger partial charge in [-0.05, 0) is 25.0 Å². The standard InChI is InChI=1S/C13H20N2O/c1-4-10(3)12(13(14)16)15-11-7-5-9(2)6-8-11/h5-8,10,12,15H,4H2,1-3H3,(H2,14,16). The minimum atomic E-state index is -0.298. The molecular weight excluding hydrogens is 200 g/mol. The Morgan fingerprint density at radius 1 is 1.38 bits per heavy atom. The SMILES string of the molecule is CCC(C)C(Nc1ccc(C)cc1)C(N)=O. The molecule has 1 rings (SSSR count). The van der Waals surface area contributed by atoms with Crippen molar-refractivity contribution in [2.75, 3.05) is 5.32 Å². The van der Waals surface area contributed by atoms with Crippen LogP contribution in [0, 0.1) is 12.8 Å². The van der Waals surface area contributed by atoms with Gasteiger partial charge in [-0.2, -0.15) is 0 Å². The van der Waals surface area contributed by atoms with Crippen LogP contribution in [0.25, 0.3) is 0 Å². The molecule has 3 N–H and O–H groups in total. The minimum Gasteiger partial charge on any atom is -0.373 e. The van der Waals surface area contributed by atoms with Crippen molar-refractivity contribution < 1.29 is 4.79 Å². The van der Waals surface area contributed by atoms with Crippen molar-refractivity contribution in [1.82, 2.24) is 0 Å². The molecule has 0 aliphatic carbocycles. The first kappa shape index (κ1) is 12.6. The molecule has 0 fully saturated rings. The van der Waals surface area contributed by atoms with Gasteiger partial charge in [0.15, 0.2) is 0 Å². The highest BCUT2D eigenvalue weighted by Crippen LogP contribution is 2.15. The van der Waals surface area contributed by atoms with Crippen LogP contribution in [0.5, 0.6) is 0 Å². The van der Waals surface area contributed by atoms with Crippen molar-refractivity contribution in [3.8, 4) is 0 Å². The molecule has 3 heteroatoms. The van der Waals surface area contributed by atoms with Crippen molar-refractivity contribution in [2.45, 2.75) is 33.2 Å². The van der Waals surface area contributed by atoms with Crippen LogP contribution in [0.3, 0.4) is 0 Å². The van der Waals surface area contributed by atoms with Crippen molar-refractivity contribution in [1.29, 1.82) is 0 Å². The maximum Gasteiger partial charge on any atom is 0.240 e. The van der Waals surface area contributed by atoms with Crippen LogP contribution in [0.1, 0.15) is 25.8 Å². The first-order valence-electron chi connectivity index (χ1n) is 5.67. The lowest BCUT2D eigenvalue weighted by Gasteiger charge is -2.22. The van der Waals surface area contributed by atoms with E-state index in [1.54, 1.807) is 0 Å². The highest BCUT2D eigenvalue weighted by Gasteiger charge is 2.20. The number of benzene rings is 1. The van der Waals surface area contributed by atoms with E-state index in [-0.39, 0.29) is 17.9 Å². The first-order valence-corrected chi connectivity index (χ1v) is 5.67. The van der Waals surface area contributed by atoms with E-state index in [0.717, 1.165) is 12.1 Å². The van der Waals surface area contributed by atoms with E-state index in [1.165, 1.54) is 5.56 Å². The molecule has 3 nitrogen and oxygen atoms in total. The largest absolute Gasteiger partial charge is 0.373 e. The third kappa shape index (κ3) is 3.26. The zero-order valence-electron chi connectivity index (χ0n) is 10.2. The predicted octanol–water partition coefficient (Wildman–Crippen LogP) is 2.31. The van der Waals surface area contributed by atoms with Gasteiger partial charge in [-0.15, -0.1) is 0 Å². The quantitative estimate of drug-likeness (QED) is 0.800. The van der Waals surface area contributed by atoms with Crippen molar-refractivity contribution in [2.24, 2.45) is 11.7 Å². The lowest BCUT2D eigenvalue weighted by atomic mass is 9.98. The van der Waals surface area contributed by atoms with Gasteiger partial charge in [0.25, 0.3) is 0 Å². The fourth-order valence-corrected chi connectivity index (χ4v) is 1.56. The van der Waals surface area contributed by atoms with E-state index in [9.17, 15) is 4.79 Å². The van der Waals surface area contributed by atoms with E-state index in [4.69, 9.17) is 5.73 Å². The molecule has 0 saturated heterocycles. The van der Waals surface area contributed by atoms with Crippen LogP contribution in [0.15, 0.2) is 24.3 Å². The molecule has 1 amide bonds. The average Bonchev–Trinajstić information content (AvgIpc) is 2.27. The Balaban J connectivity index is 2.75. The first-order chi connectivity index (χ1) is 7.54. The molecule has 16 heavy (non-hydrogen) atoms. The Morgan fingerprint density at radius 2 is 1.94 bits per heavy atom. The number of nitrogens with one attached hydrogen (secondary N) is 1. The Bertz CT molecular complexity index is 345. The molecule has 0 spiro atoms. The van der Waals surface area contributed by atoms with Gasteiger partial charge in [0.05, 0.1) is 0 Å². The lowest BCUT2D eigenvalue weighted by molar-refractivity contribution is -0.119. The molecule has 2 atom stereocenters. The molecule has 0 aromatic heterocycles. The summed E-state index contributed by atoms with van der Waals surface area (Å²) in [4.78, 5) is 11.3. The molecule has 1 aromatic carbocycles. The number of aryl methyl sites for hydroxylation is 1. The zero-order chi connectivity index (χ0) is 12.1. The van der Waals surface area contributed by atoms with E-state index < -0.39 is 0 Å². The molecule has 0 bridgehead atoms.